The van der Waals surface area contributed by atoms with Crippen LogP contribution in [-0.4, -0.2) is 53.0 Å². The Balaban J connectivity index is 1.48. The first kappa shape index (κ1) is 19.6. The van der Waals surface area contributed by atoms with Gasteiger partial charge in [-0.15, -0.1) is 0 Å². The van der Waals surface area contributed by atoms with Crippen molar-refractivity contribution in [3.8, 4) is 0 Å². The van der Waals surface area contributed by atoms with Crippen LogP contribution in [0.5, 0.6) is 0 Å². The maximum Gasteiger partial charge on any atom is 0.274 e. The Kier molecular flexibility index (Phi) is 6.19. The van der Waals surface area contributed by atoms with Crippen molar-refractivity contribution in [3.05, 3.63) is 71.7 Å². The van der Waals surface area contributed by atoms with E-state index in [0.29, 0.717) is 24.8 Å². The minimum atomic E-state index is -0.0592. The van der Waals surface area contributed by atoms with E-state index in [1.165, 1.54) is 0 Å². The maximum absolute atomic E-state index is 13.2. The van der Waals surface area contributed by atoms with Crippen LogP contribution in [0, 0.1) is 0 Å². The van der Waals surface area contributed by atoms with E-state index in [2.05, 4.69) is 20.9 Å². The Morgan fingerprint density at radius 3 is 2.86 bits per heavy atom. The summed E-state index contributed by atoms with van der Waals surface area (Å²) in [4.78, 5) is 19.6. The number of hydrogen-bond donors (Lipinski definition) is 3. The number of fused-ring (bicyclic) bond motifs is 1. The van der Waals surface area contributed by atoms with Gasteiger partial charge >= 0.3 is 0 Å². The van der Waals surface area contributed by atoms with Crippen LogP contribution >= 0.6 is 0 Å². The quantitative estimate of drug-likeness (QED) is 0.508. The molecule has 7 heteroatoms. The summed E-state index contributed by atoms with van der Waals surface area (Å²) in [7, 11) is 1.83. The van der Waals surface area contributed by atoms with Gasteiger partial charge in [0.1, 0.15) is 5.65 Å². The molecule has 0 saturated carbocycles. The molecule has 29 heavy (non-hydrogen) atoms. The zero-order chi connectivity index (χ0) is 20.1. The number of aromatic nitrogens is 2. The summed E-state index contributed by atoms with van der Waals surface area (Å²) in [5.41, 5.74) is 3.32. The average molecular weight is 393 g/mol. The molecule has 1 aromatic carbocycles. The molecule has 0 spiro atoms. The van der Waals surface area contributed by atoms with Gasteiger partial charge in [0, 0.05) is 45.6 Å². The van der Waals surface area contributed by atoms with Crippen molar-refractivity contribution < 1.29 is 4.79 Å². The molecule has 1 saturated heterocycles. The van der Waals surface area contributed by atoms with Crippen molar-refractivity contribution in [1.82, 2.24) is 30.2 Å². The van der Waals surface area contributed by atoms with Crippen LogP contribution in [0.2, 0.25) is 0 Å². The largest absolute Gasteiger partial charge is 0.336 e. The molecule has 1 atom stereocenters. The molecule has 0 bridgehead atoms. The smallest absolute Gasteiger partial charge is 0.274 e. The second kappa shape index (κ2) is 9.17. The molecule has 0 radical (unpaired) electrons. The summed E-state index contributed by atoms with van der Waals surface area (Å²) in [6, 6.07) is 16.4. The molecule has 3 aromatic rings. The van der Waals surface area contributed by atoms with Gasteiger partial charge in [-0.05, 0) is 30.7 Å². The topological polar surface area (TPSA) is 73.7 Å². The number of nitrogens with zero attached hydrogens (tertiary/aromatic N) is 3. The molecular weight excluding hydrogens is 364 g/mol. The fraction of sp³-hybridized carbons (Fsp3) is 0.364. The average Bonchev–Trinajstić information content (AvgIpc) is 3.39. The van der Waals surface area contributed by atoms with E-state index < -0.39 is 0 Å². The number of benzene rings is 1. The van der Waals surface area contributed by atoms with Crippen LogP contribution in [0.4, 0.5) is 0 Å². The Bertz CT molecular complexity index is 948. The number of hydrogen-bond acceptors (Lipinski definition) is 5. The molecule has 1 unspecified atom stereocenters. The minimum Gasteiger partial charge on any atom is -0.336 e. The molecule has 3 N–H and O–H groups in total. The van der Waals surface area contributed by atoms with E-state index in [4.69, 9.17) is 0 Å². The molecule has 2 aromatic heterocycles. The zero-order valence-corrected chi connectivity index (χ0v) is 16.8. The van der Waals surface area contributed by atoms with Crippen molar-refractivity contribution in [2.45, 2.75) is 25.6 Å². The second-order valence-corrected chi connectivity index (χ2v) is 7.48. The molecule has 4 rings (SSSR count). The molecule has 3 heterocycles. The first-order valence-electron chi connectivity index (χ1n) is 10.1. The van der Waals surface area contributed by atoms with Gasteiger partial charge in [0.05, 0.1) is 5.69 Å². The van der Waals surface area contributed by atoms with Crippen LogP contribution in [0.15, 0.2) is 54.7 Å². The number of rotatable bonds is 8. The third kappa shape index (κ3) is 4.64. The summed E-state index contributed by atoms with van der Waals surface area (Å²) in [6.45, 7) is 3.93. The Labute approximate surface area is 171 Å². The molecule has 152 valence electrons. The summed E-state index contributed by atoms with van der Waals surface area (Å²) >= 11 is 0. The fourth-order valence-electron chi connectivity index (χ4n) is 3.72. The summed E-state index contributed by atoms with van der Waals surface area (Å²) in [5, 5.41) is 10.2. The van der Waals surface area contributed by atoms with Crippen molar-refractivity contribution in [2.75, 3.05) is 26.8 Å². The first-order valence-corrected chi connectivity index (χ1v) is 10.1. The van der Waals surface area contributed by atoms with Crippen LogP contribution in [0.1, 0.15) is 28.2 Å². The molecule has 1 aliphatic rings. The fourth-order valence-corrected chi connectivity index (χ4v) is 3.72. The van der Waals surface area contributed by atoms with E-state index in [1.54, 1.807) is 4.90 Å². The van der Waals surface area contributed by atoms with Gasteiger partial charge in [0.25, 0.3) is 5.91 Å². The van der Waals surface area contributed by atoms with E-state index in [-0.39, 0.29) is 5.91 Å². The third-order valence-corrected chi connectivity index (χ3v) is 5.31. The lowest BCUT2D eigenvalue weighted by Crippen LogP contribution is -2.30. The number of carbonyl (C=O) groups excluding carboxylic acids is 1. The summed E-state index contributed by atoms with van der Waals surface area (Å²) in [5.74, 6) is -0.0592. The monoisotopic (exact) mass is 392 g/mol. The Hall–Kier alpha value is -2.74. The number of imidazole rings is 1. The van der Waals surface area contributed by atoms with Crippen molar-refractivity contribution in [3.63, 3.8) is 0 Å². The molecular formula is C22H28N6O. The number of pyridine rings is 1. The molecule has 0 aliphatic carbocycles. The normalized spacial score (nSPS) is 16.4. The molecule has 7 nitrogen and oxygen atoms in total. The molecule has 1 amide bonds. The predicted octanol–water partition coefficient (Wildman–Crippen LogP) is 1.61. The first-order chi connectivity index (χ1) is 14.2. The summed E-state index contributed by atoms with van der Waals surface area (Å²) in [6.07, 6.45) is 3.01. The third-order valence-electron chi connectivity index (χ3n) is 5.31. The minimum absolute atomic E-state index is 0.0592. The van der Waals surface area contributed by atoms with Gasteiger partial charge in [-0.3, -0.25) is 4.79 Å². The van der Waals surface area contributed by atoms with Gasteiger partial charge in [0.2, 0.25) is 0 Å². The standard InChI is InChI=1S/C22H28N6O/c1-27(15-17-7-3-2-4-8-17)22(29)21-19(28-12-6-5-9-20(28)26-21)14-23-11-10-18-13-24-16-25-18/h2-9,12,18,23-25H,10-11,13-16H2,1H3. The Morgan fingerprint density at radius 2 is 2.07 bits per heavy atom. The Morgan fingerprint density at radius 1 is 1.24 bits per heavy atom. The highest BCUT2D eigenvalue weighted by Gasteiger charge is 2.22. The highest BCUT2D eigenvalue weighted by Crippen LogP contribution is 2.16. The molecule has 1 aliphatic heterocycles. The van der Waals surface area contributed by atoms with Gasteiger partial charge in [-0.1, -0.05) is 36.4 Å². The van der Waals surface area contributed by atoms with E-state index >= 15 is 0 Å². The number of nitrogens with one attached hydrogen (secondary N) is 3. The lowest BCUT2D eigenvalue weighted by Gasteiger charge is -2.17. The van der Waals surface area contributed by atoms with Crippen LogP contribution in [-0.2, 0) is 13.1 Å². The van der Waals surface area contributed by atoms with Gasteiger partial charge in [-0.25, -0.2) is 4.98 Å². The number of carbonyl (C=O) groups is 1. The SMILES string of the molecule is CN(Cc1ccccc1)C(=O)c1nc2ccccn2c1CNCCC1CNCN1. The van der Waals surface area contributed by atoms with Crippen molar-refractivity contribution in [2.24, 2.45) is 0 Å². The zero-order valence-electron chi connectivity index (χ0n) is 16.8. The lowest BCUT2D eigenvalue weighted by atomic mass is 10.2. The van der Waals surface area contributed by atoms with Crippen LogP contribution in [0.3, 0.4) is 0 Å². The maximum atomic E-state index is 13.2. The van der Waals surface area contributed by atoms with Gasteiger partial charge in [-0.2, -0.15) is 0 Å². The molecule has 1 fully saturated rings. The van der Waals surface area contributed by atoms with E-state index in [0.717, 1.165) is 43.1 Å². The van der Waals surface area contributed by atoms with E-state index in [9.17, 15) is 4.79 Å². The number of amides is 1. The summed E-state index contributed by atoms with van der Waals surface area (Å²) < 4.78 is 2.01. The second-order valence-electron chi connectivity index (χ2n) is 7.48. The van der Waals surface area contributed by atoms with E-state index in [1.807, 2.05) is 66.2 Å². The van der Waals surface area contributed by atoms with Crippen LogP contribution in [0.25, 0.3) is 5.65 Å². The van der Waals surface area contributed by atoms with Crippen LogP contribution < -0.4 is 16.0 Å². The lowest BCUT2D eigenvalue weighted by molar-refractivity contribution is 0.0778. The highest BCUT2D eigenvalue weighted by atomic mass is 16.2. The highest BCUT2D eigenvalue weighted by molar-refractivity contribution is 5.94. The van der Waals surface area contributed by atoms with Crippen molar-refractivity contribution >= 4 is 11.6 Å². The predicted molar refractivity (Wildman–Crippen MR) is 114 cm³/mol. The van der Waals surface area contributed by atoms with Gasteiger partial charge in [0.15, 0.2) is 5.69 Å². The van der Waals surface area contributed by atoms with Crippen molar-refractivity contribution in [1.29, 1.82) is 0 Å². The van der Waals surface area contributed by atoms with Gasteiger partial charge < -0.3 is 25.3 Å².